The van der Waals surface area contributed by atoms with Gasteiger partial charge in [-0.15, -0.1) is 0 Å². The summed E-state index contributed by atoms with van der Waals surface area (Å²) in [5.74, 6) is 1.70. The van der Waals surface area contributed by atoms with Crippen LogP contribution in [-0.4, -0.2) is 62.5 Å². The number of ether oxygens (including phenoxy) is 2. The number of nitrogen functional groups attached to an aromatic ring is 1. The molecule has 2 amide bonds. The lowest BCUT2D eigenvalue weighted by Gasteiger charge is -2.27. The van der Waals surface area contributed by atoms with Crippen molar-refractivity contribution < 1.29 is 19.1 Å². The first kappa shape index (κ1) is 23.5. The molecule has 6 rings (SSSR count). The van der Waals surface area contributed by atoms with Crippen LogP contribution in [0.4, 0.5) is 11.6 Å². The molecule has 1 saturated carbocycles. The summed E-state index contributed by atoms with van der Waals surface area (Å²) >= 11 is 3.32. The molecule has 4 aromatic rings. The maximum Gasteiger partial charge on any atom is 0.248 e. The molecule has 4 heterocycles. The number of pyridine rings is 1. The Kier molecular flexibility index (Phi) is 5.63. The zero-order chi connectivity index (χ0) is 25.8. The quantitative estimate of drug-likeness (QED) is 0.340. The summed E-state index contributed by atoms with van der Waals surface area (Å²) in [4.78, 5) is 41.6. The first-order valence-corrected chi connectivity index (χ1v) is 12.6. The van der Waals surface area contributed by atoms with Crippen LogP contribution in [0.3, 0.4) is 0 Å². The number of rotatable bonds is 6. The lowest BCUT2D eigenvalue weighted by atomic mass is 10.1. The van der Waals surface area contributed by atoms with Crippen molar-refractivity contribution in [1.29, 1.82) is 0 Å². The number of likely N-dealkylation sites (tertiary alicyclic amines) is 1. The van der Waals surface area contributed by atoms with E-state index >= 15 is 0 Å². The molecule has 2 fully saturated rings. The minimum absolute atomic E-state index is 0.0198. The highest BCUT2D eigenvalue weighted by atomic mass is 79.9. The fourth-order valence-corrected chi connectivity index (χ4v) is 5.72. The number of anilines is 2. The smallest absolute Gasteiger partial charge is 0.248 e. The summed E-state index contributed by atoms with van der Waals surface area (Å²) in [6, 6.07) is 8.39. The molecule has 3 aromatic heterocycles. The maximum absolute atomic E-state index is 13.8. The van der Waals surface area contributed by atoms with Gasteiger partial charge in [0.1, 0.15) is 40.8 Å². The maximum atomic E-state index is 13.8. The van der Waals surface area contributed by atoms with Crippen LogP contribution in [0.25, 0.3) is 21.9 Å². The van der Waals surface area contributed by atoms with Crippen LogP contribution in [0.1, 0.15) is 12.8 Å². The van der Waals surface area contributed by atoms with E-state index in [1.54, 1.807) is 48.0 Å². The summed E-state index contributed by atoms with van der Waals surface area (Å²) in [5, 5.41) is 4.24. The summed E-state index contributed by atoms with van der Waals surface area (Å²) in [5.41, 5.74) is 7.46. The Hall–Kier alpha value is -3.93. The number of methoxy groups -OCH3 is 2. The monoisotopic (exact) mass is 565 g/mol. The SMILES string of the molecule is COc1cc2c3c(N)ncnc3n(CC(=O)N3[C@@H]4CC4C[C@H]3C(=O)Nc3cccc(Br)n3)c2cc1OC. The molecular weight excluding hydrogens is 542 g/mol. The zero-order valence-corrected chi connectivity index (χ0v) is 21.7. The molecule has 12 heteroatoms. The molecule has 0 spiro atoms. The fourth-order valence-electron chi connectivity index (χ4n) is 5.37. The van der Waals surface area contributed by atoms with Gasteiger partial charge in [-0.1, -0.05) is 6.07 Å². The second kappa shape index (κ2) is 8.87. The lowest BCUT2D eigenvalue weighted by Crippen LogP contribution is -2.46. The molecule has 1 aromatic carbocycles. The molecule has 0 bridgehead atoms. The van der Waals surface area contributed by atoms with Gasteiger partial charge in [0, 0.05) is 17.5 Å². The number of nitrogens with two attached hydrogens (primary N) is 1. The Morgan fingerprint density at radius 2 is 1.95 bits per heavy atom. The van der Waals surface area contributed by atoms with Gasteiger partial charge in [0.05, 0.1) is 25.1 Å². The number of nitrogens with one attached hydrogen (secondary N) is 1. The average molecular weight is 566 g/mol. The third-order valence-electron chi connectivity index (χ3n) is 7.13. The van der Waals surface area contributed by atoms with Gasteiger partial charge in [-0.25, -0.2) is 15.0 Å². The van der Waals surface area contributed by atoms with Gasteiger partial charge < -0.3 is 30.0 Å². The predicted octanol–water partition coefficient (Wildman–Crippen LogP) is 2.97. The van der Waals surface area contributed by atoms with Crippen molar-refractivity contribution in [2.24, 2.45) is 5.92 Å². The molecule has 1 aliphatic carbocycles. The first-order valence-electron chi connectivity index (χ1n) is 11.8. The van der Waals surface area contributed by atoms with Crippen LogP contribution in [0.5, 0.6) is 11.5 Å². The highest BCUT2D eigenvalue weighted by Gasteiger charge is 2.56. The van der Waals surface area contributed by atoms with Crippen LogP contribution in [0, 0.1) is 5.92 Å². The number of halogens is 1. The average Bonchev–Trinajstić information content (AvgIpc) is 3.44. The summed E-state index contributed by atoms with van der Waals surface area (Å²) in [6.07, 6.45) is 2.90. The van der Waals surface area contributed by atoms with Crippen molar-refractivity contribution in [2.45, 2.75) is 31.5 Å². The first-order chi connectivity index (χ1) is 17.9. The largest absolute Gasteiger partial charge is 0.493 e. The second-order valence-corrected chi connectivity index (χ2v) is 10.0. The number of amides is 2. The Bertz CT molecular complexity index is 1570. The van der Waals surface area contributed by atoms with E-state index in [1.807, 2.05) is 6.07 Å². The van der Waals surface area contributed by atoms with E-state index in [9.17, 15) is 9.59 Å². The van der Waals surface area contributed by atoms with Gasteiger partial charge in [-0.3, -0.25) is 9.59 Å². The number of hydrogen-bond acceptors (Lipinski definition) is 8. The molecule has 0 radical (unpaired) electrons. The van der Waals surface area contributed by atoms with E-state index in [-0.39, 0.29) is 24.4 Å². The number of piperidine rings is 1. The summed E-state index contributed by atoms with van der Waals surface area (Å²) in [7, 11) is 3.11. The molecule has 3 N–H and O–H groups in total. The van der Waals surface area contributed by atoms with Crippen molar-refractivity contribution in [3.63, 3.8) is 0 Å². The molecule has 1 unspecified atom stereocenters. The van der Waals surface area contributed by atoms with E-state index in [0.717, 1.165) is 11.8 Å². The van der Waals surface area contributed by atoms with Gasteiger partial charge in [-0.05, 0) is 52.9 Å². The second-order valence-electron chi connectivity index (χ2n) is 9.22. The van der Waals surface area contributed by atoms with E-state index < -0.39 is 6.04 Å². The van der Waals surface area contributed by atoms with Gasteiger partial charge in [0.2, 0.25) is 11.8 Å². The number of fused-ring (bicyclic) bond motifs is 4. The lowest BCUT2D eigenvalue weighted by molar-refractivity contribution is -0.138. The van der Waals surface area contributed by atoms with Crippen LogP contribution >= 0.6 is 15.9 Å². The molecule has 1 saturated heterocycles. The van der Waals surface area contributed by atoms with Crippen molar-refractivity contribution in [2.75, 3.05) is 25.3 Å². The fraction of sp³-hybridized carbons (Fsp3) is 0.320. The highest BCUT2D eigenvalue weighted by Crippen LogP contribution is 2.48. The molecule has 190 valence electrons. The predicted molar refractivity (Wildman–Crippen MR) is 140 cm³/mol. The third-order valence-corrected chi connectivity index (χ3v) is 7.57. The molecule has 11 nitrogen and oxygen atoms in total. The Morgan fingerprint density at radius 3 is 2.70 bits per heavy atom. The van der Waals surface area contributed by atoms with Crippen LogP contribution in [0.2, 0.25) is 0 Å². The van der Waals surface area contributed by atoms with Gasteiger partial charge in [-0.2, -0.15) is 0 Å². The van der Waals surface area contributed by atoms with Gasteiger partial charge in [0.25, 0.3) is 0 Å². The number of carbonyl (C=O) groups excluding carboxylic acids is 2. The van der Waals surface area contributed by atoms with Gasteiger partial charge in [0.15, 0.2) is 11.5 Å². The zero-order valence-electron chi connectivity index (χ0n) is 20.1. The van der Waals surface area contributed by atoms with Crippen molar-refractivity contribution in [3.8, 4) is 11.5 Å². The van der Waals surface area contributed by atoms with Gasteiger partial charge >= 0.3 is 0 Å². The van der Waals surface area contributed by atoms with Crippen molar-refractivity contribution in [1.82, 2.24) is 24.4 Å². The number of nitrogens with zero attached hydrogens (tertiary/aromatic N) is 5. The minimum Gasteiger partial charge on any atom is -0.493 e. The highest BCUT2D eigenvalue weighted by molar-refractivity contribution is 9.10. The number of carbonyl (C=O) groups is 2. The van der Waals surface area contributed by atoms with Crippen molar-refractivity contribution >= 4 is 61.3 Å². The number of aromatic nitrogens is 4. The Morgan fingerprint density at radius 1 is 1.16 bits per heavy atom. The molecule has 3 atom stereocenters. The Balaban J connectivity index is 1.36. The van der Waals surface area contributed by atoms with Crippen molar-refractivity contribution in [3.05, 3.63) is 41.3 Å². The molecule has 37 heavy (non-hydrogen) atoms. The normalized spacial score (nSPS) is 20.2. The van der Waals surface area contributed by atoms with E-state index in [2.05, 4.69) is 36.2 Å². The van der Waals surface area contributed by atoms with E-state index in [4.69, 9.17) is 15.2 Å². The molecule has 2 aliphatic rings. The molecular formula is C25H24BrN7O4. The number of hydrogen-bond donors (Lipinski definition) is 2. The standard InChI is InChI=1S/C25H24BrN7O4/c1-36-17-8-13-15(9-18(17)37-2)32(24-22(13)23(27)28-11-29-24)10-21(34)33-14-6-12(14)7-16(33)25(35)31-20-5-3-4-19(26)30-20/h3-5,8-9,11-12,14,16H,6-7,10H2,1-2H3,(H2,27,28,29)(H,30,31,35)/t12?,14-,16+/m1/s1. The summed E-state index contributed by atoms with van der Waals surface area (Å²) < 4.78 is 13.4. The minimum atomic E-state index is -0.570. The topological polar surface area (TPSA) is 137 Å². The molecule has 1 aliphatic heterocycles. The summed E-state index contributed by atoms with van der Waals surface area (Å²) in [6.45, 7) is -0.0198. The van der Waals surface area contributed by atoms with Crippen LogP contribution in [-0.2, 0) is 16.1 Å². The van der Waals surface area contributed by atoms with Crippen LogP contribution in [0.15, 0.2) is 41.3 Å². The van der Waals surface area contributed by atoms with E-state index in [0.29, 0.717) is 56.6 Å². The van der Waals surface area contributed by atoms with E-state index in [1.165, 1.54) is 6.33 Å². The Labute approximate surface area is 220 Å². The van der Waals surface area contributed by atoms with Crippen LogP contribution < -0.4 is 20.5 Å². The number of benzene rings is 1. The third kappa shape index (κ3) is 3.91.